The second kappa shape index (κ2) is 8.27. The fraction of sp³-hybridized carbons (Fsp3) is 0.0870. The third-order valence-corrected chi connectivity index (χ3v) is 4.45. The van der Waals surface area contributed by atoms with Gasteiger partial charge in [0, 0.05) is 41.3 Å². The number of carbonyl (C=O) groups is 2. The molecule has 0 atom stereocenters. The van der Waals surface area contributed by atoms with Gasteiger partial charge in [0.25, 0.3) is 0 Å². The summed E-state index contributed by atoms with van der Waals surface area (Å²) in [6.45, 7) is 1.18. The molecule has 0 bridgehead atoms. The van der Waals surface area contributed by atoms with Gasteiger partial charge in [-0.25, -0.2) is 14.0 Å². The van der Waals surface area contributed by atoms with Crippen LogP contribution in [0.2, 0.25) is 0 Å². The van der Waals surface area contributed by atoms with Crippen LogP contribution in [-0.2, 0) is 16.1 Å². The molecule has 2 aromatic carbocycles. The molecule has 2 aromatic heterocycles. The highest BCUT2D eigenvalue weighted by Crippen LogP contribution is 2.24. The molecule has 0 aliphatic heterocycles. The van der Waals surface area contributed by atoms with Crippen molar-refractivity contribution in [3.63, 3.8) is 0 Å². The smallest absolute Gasteiger partial charge is 0.374 e. The van der Waals surface area contributed by atoms with Gasteiger partial charge in [0.15, 0.2) is 0 Å². The number of rotatable bonds is 5. The van der Waals surface area contributed by atoms with Crippen molar-refractivity contribution < 1.29 is 27.6 Å². The Kier molecular flexibility index (Phi) is 5.36. The van der Waals surface area contributed by atoms with E-state index in [2.05, 4.69) is 5.32 Å². The number of ether oxygens (including phenoxy) is 1. The standard InChI is InChI=1S/C23H16FNO6/c1-13(26)25-17-6-7-18-15(10-22(27)31-21(18)11-17)12-29-23(28)20-9-8-19(30-20)14-2-4-16(24)5-3-14/h2-11H,12H2,1H3,(H,25,26). The molecule has 0 unspecified atom stereocenters. The number of amides is 1. The number of hydrogen-bond donors (Lipinski definition) is 1. The molecule has 0 aliphatic carbocycles. The topological polar surface area (TPSA) is 98.7 Å². The first-order valence-electron chi connectivity index (χ1n) is 9.26. The van der Waals surface area contributed by atoms with Crippen LogP contribution in [-0.4, -0.2) is 11.9 Å². The summed E-state index contributed by atoms with van der Waals surface area (Å²) in [6.07, 6.45) is 0. The number of hydrogen-bond acceptors (Lipinski definition) is 6. The zero-order chi connectivity index (χ0) is 22.0. The van der Waals surface area contributed by atoms with Crippen LogP contribution in [0, 0.1) is 5.82 Å². The summed E-state index contributed by atoms with van der Waals surface area (Å²) in [4.78, 5) is 35.5. The quantitative estimate of drug-likeness (QED) is 0.376. The zero-order valence-electron chi connectivity index (χ0n) is 16.3. The number of halogens is 1. The average Bonchev–Trinajstić information content (AvgIpc) is 3.22. The molecule has 4 aromatic rings. The lowest BCUT2D eigenvalue weighted by Gasteiger charge is -2.08. The predicted molar refractivity (Wildman–Crippen MR) is 110 cm³/mol. The van der Waals surface area contributed by atoms with Crippen LogP contribution in [0.5, 0.6) is 0 Å². The van der Waals surface area contributed by atoms with Gasteiger partial charge in [0.1, 0.15) is 23.8 Å². The number of esters is 1. The summed E-state index contributed by atoms with van der Waals surface area (Å²) in [5.74, 6) is -0.989. The van der Waals surface area contributed by atoms with E-state index in [4.69, 9.17) is 13.6 Å². The number of carbonyl (C=O) groups excluding carboxylic acids is 2. The molecular weight excluding hydrogens is 405 g/mol. The Hall–Kier alpha value is -4.20. The van der Waals surface area contributed by atoms with E-state index in [0.29, 0.717) is 28.0 Å². The molecule has 0 saturated heterocycles. The zero-order valence-corrected chi connectivity index (χ0v) is 16.3. The van der Waals surface area contributed by atoms with Crippen LogP contribution in [0.1, 0.15) is 23.0 Å². The van der Waals surface area contributed by atoms with Gasteiger partial charge >= 0.3 is 11.6 Å². The van der Waals surface area contributed by atoms with Crippen LogP contribution < -0.4 is 10.9 Å². The summed E-state index contributed by atoms with van der Waals surface area (Å²) in [5, 5.41) is 3.17. The van der Waals surface area contributed by atoms with Gasteiger partial charge in [-0.3, -0.25) is 4.79 Å². The minimum absolute atomic E-state index is 0.0282. The molecule has 8 heteroatoms. The lowest BCUT2D eigenvalue weighted by Crippen LogP contribution is -2.08. The fourth-order valence-electron chi connectivity index (χ4n) is 3.06. The Balaban J connectivity index is 1.52. The lowest BCUT2D eigenvalue weighted by atomic mass is 10.1. The Morgan fingerprint density at radius 1 is 1.00 bits per heavy atom. The molecule has 4 rings (SSSR count). The normalized spacial score (nSPS) is 10.8. The number of nitrogens with one attached hydrogen (secondary N) is 1. The van der Waals surface area contributed by atoms with Crippen molar-refractivity contribution in [1.82, 2.24) is 0 Å². The highest BCUT2D eigenvalue weighted by Gasteiger charge is 2.16. The lowest BCUT2D eigenvalue weighted by molar-refractivity contribution is -0.114. The van der Waals surface area contributed by atoms with Crippen molar-refractivity contribution in [3.8, 4) is 11.3 Å². The van der Waals surface area contributed by atoms with Crippen molar-refractivity contribution in [2.75, 3.05) is 5.32 Å². The SMILES string of the molecule is CC(=O)Nc1ccc2c(COC(=O)c3ccc(-c4ccc(F)cc4)o3)cc(=O)oc2c1. The van der Waals surface area contributed by atoms with Gasteiger partial charge in [0.2, 0.25) is 11.7 Å². The van der Waals surface area contributed by atoms with E-state index in [1.807, 2.05) is 0 Å². The van der Waals surface area contributed by atoms with E-state index in [-0.39, 0.29) is 29.7 Å². The van der Waals surface area contributed by atoms with Crippen LogP contribution in [0.3, 0.4) is 0 Å². The summed E-state index contributed by atoms with van der Waals surface area (Å²) in [5.41, 5.74) is 1.17. The van der Waals surface area contributed by atoms with Gasteiger partial charge in [-0.1, -0.05) is 0 Å². The molecule has 2 heterocycles. The van der Waals surface area contributed by atoms with Gasteiger partial charge in [-0.15, -0.1) is 0 Å². The van der Waals surface area contributed by atoms with Crippen LogP contribution in [0.15, 0.2) is 74.3 Å². The minimum Gasteiger partial charge on any atom is -0.455 e. The van der Waals surface area contributed by atoms with E-state index in [9.17, 15) is 18.8 Å². The Morgan fingerprint density at radius 2 is 1.77 bits per heavy atom. The monoisotopic (exact) mass is 421 g/mol. The van der Waals surface area contributed by atoms with Gasteiger partial charge < -0.3 is 18.9 Å². The molecule has 31 heavy (non-hydrogen) atoms. The molecule has 1 N–H and O–H groups in total. The maximum Gasteiger partial charge on any atom is 0.374 e. The molecule has 1 amide bonds. The second-order valence-electron chi connectivity index (χ2n) is 6.73. The Morgan fingerprint density at radius 3 is 2.52 bits per heavy atom. The first kappa shape index (κ1) is 20.1. The van der Waals surface area contributed by atoms with Crippen LogP contribution >= 0.6 is 0 Å². The van der Waals surface area contributed by atoms with E-state index in [1.54, 1.807) is 18.2 Å². The molecule has 0 radical (unpaired) electrons. The fourth-order valence-corrected chi connectivity index (χ4v) is 3.06. The Labute approximate surface area is 175 Å². The first-order valence-corrected chi connectivity index (χ1v) is 9.26. The highest BCUT2D eigenvalue weighted by molar-refractivity contribution is 5.92. The maximum absolute atomic E-state index is 13.1. The first-order chi connectivity index (χ1) is 14.9. The van der Waals surface area contributed by atoms with E-state index in [1.165, 1.54) is 49.4 Å². The molecule has 0 aliphatic rings. The van der Waals surface area contributed by atoms with Crippen molar-refractivity contribution >= 4 is 28.5 Å². The van der Waals surface area contributed by atoms with Crippen molar-refractivity contribution in [1.29, 1.82) is 0 Å². The third-order valence-electron chi connectivity index (χ3n) is 4.45. The molecule has 0 saturated carbocycles. The molecule has 7 nitrogen and oxygen atoms in total. The minimum atomic E-state index is -0.718. The molecule has 156 valence electrons. The predicted octanol–water partition coefficient (Wildman–Crippen LogP) is 4.51. The summed E-state index contributed by atoms with van der Waals surface area (Å²) in [6, 6.07) is 14.8. The van der Waals surface area contributed by atoms with Crippen molar-refractivity contribution in [2.24, 2.45) is 0 Å². The van der Waals surface area contributed by atoms with Crippen molar-refractivity contribution in [2.45, 2.75) is 13.5 Å². The van der Waals surface area contributed by atoms with Crippen LogP contribution in [0.25, 0.3) is 22.3 Å². The van der Waals surface area contributed by atoms with Gasteiger partial charge in [0.05, 0.1) is 0 Å². The van der Waals surface area contributed by atoms with Gasteiger partial charge in [-0.2, -0.15) is 0 Å². The maximum atomic E-state index is 13.1. The average molecular weight is 421 g/mol. The van der Waals surface area contributed by atoms with Gasteiger partial charge in [-0.05, 0) is 48.5 Å². The summed E-state index contributed by atoms with van der Waals surface area (Å²) >= 11 is 0. The second-order valence-corrected chi connectivity index (χ2v) is 6.73. The molecular formula is C23H16FNO6. The number of anilines is 1. The van der Waals surface area contributed by atoms with E-state index in [0.717, 1.165) is 0 Å². The summed E-state index contributed by atoms with van der Waals surface area (Å²) < 4.78 is 29.1. The largest absolute Gasteiger partial charge is 0.455 e. The number of fused-ring (bicyclic) bond motifs is 1. The number of furan rings is 1. The Bertz CT molecular complexity index is 1340. The molecule has 0 fully saturated rings. The van der Waals surface area contributed by atoms with Crippen molar-refractivity contribution in [3.05, 3.63) is 88.2 Å². The van der Waals surface area contributed by atoms with E-state index < -0.39 is 11.6 Å². The third kappa shape index (κ3) is 4.53. The van der Waals surface area contributed by atoms with E-state index >= 15 is 0 Å². The number of benzene rings is 2. The molecule has 0 spiro atoms. The highest BCUT2D eigenvalue weighted by atomic mass is 19.1. The summed E-state index contributed by atoms with van der Waals surface area (Å²) in [7, 11) is 0. The van der Waals surface area contributed by atoms with Crippen LogP contribution in [0.4, 0.5) is 10.1 Å².